The molecule has 3 nitrogen and oxygen atoms in total. The topological polar surface area (TPSA) is 24.5 Å². The summed E-state index contributed by atoms with van der Waals surface area (Å²) in [6.45, 7) is 11.9. The van der Waals surface area contributed by atoms with Crippen molar-refractivity contribution < 1.29 is 4.74 Å². The van der Waals surface area contributed by atoms with Gasteiger partial charge in [0.2, 0.25) is 0 Å². The van der Waals surface area contributed by atoms with Crippen molar-refractivity contribution in [2.75, 3.05) is 32.8 Å². The van der Waals surface area contributed by atoms with Crippen LogP contribution in [0.1, 0.15) is 32.3 Å². The first kappa shape index (κ1) is 16.3. The van der Waals surface area contributed by atoms with Gasteiger partial charge in [0.05, 0.1) is 0 Å². The first-order chi connectivity index (χ1) is 10.1. The van der Waals surface area contributed by atoms with Gasteiger partial charge in [0, 0.05) is 19.1 Å². The number of aryl methyl sites for hydroxylation is 1. The fraction of sp³-hybridized carbons (Fsp3) is 0.667. The summed E-state index contributed by atoms with van der Waals surface area (Å²) in [5.74, 6) is 1.77. The summed E-state index contributed by atoms with van der Waals surface area (Å²) >= 11 is 0. The van der Waals surface area contributed by atoms with E-state index in [1.807, 2.05) is 0 Å². The number of ether oxygens (including phenoxy) is 1. The lowest BCUT2D eigenvalue weighted by Crippen LogP contribution is -2.42. The molecule has 1 aromatic rings. The van der Waals surface area contributed by atoms with E-state index in [-0.39, 0.29) is 0 Å². The van der Waals surface area contributed by atoms with Crippen LogP contribution in [-0.4, -0.2) is 43.7 Å². The van der Waals surface area contributed by atoms with Crippen molar-refractivity contribution in [2.45, 2.75) is 39.7 Å². The minimum Gasteiger partial charge on any atom is -0.492 e. The van der Waals surface area contributed by atoms with Crippen molar-refractivity contribution in [1.29, 1.82) is 0 Å². The van der Waals surface area contributed by atoms with E-state index in [0.717, 1.165) is 31.4 Å². The molecule has 1 saturated heterocycles. The number of nitrogens with zero attached hydrogens (tertiary/aromatic N) is 1. The van der Waals surface area contributed by atoms with Crippen molar-refractivity contribution in [2.24, 2.45) is 5.92 Å². The van der Waals surface area contributed by atoms with Gasteiger partial charge < -0.3 is 10.1 Å². The van der Waals surface area contributed by atoms with Crippen LogP contribution >= 0.6 is 0 Å². The zero-order chi connectivity index (χ0) is 15.1. The van der Waals surface area contributed by atoms with E-state index in [1.165, 1.54) is 31.5 Å². The van der Waals surface area contributed by atoms with Crippen LogP contribution in [0.2, 0.25) is 0 Å². The van der Waals surface area contributed by atoms with E-state index in [0.29, 0.717) is 6.04 Å². The van der Waals surface area contributed by atoms with Gasteiger partial charge in [-0.1, -0.05) is 31.5 Å². The summed E-state index contributed by atoms with van der Waals surface area (Å²) in [5.41, 5.74) is 1.28. The molecule has 0 radical (unpaired) electrons. The number of hydrogen-bond donors (Lipinski definition) is 1. The maximum Gasteiger partial charge on any atom is 0.119 e. The molecule has 0 amide bonds. The average Bonchev–Trinajstić information content (AvgIpc) is 2.48. The SMILES string of the molecule is Cc1ccc(OCCN2CCCC(CNC(C)C)C2)cc1. The first-order valence-corrected chi connectivity index (χ1v) is 8.28. The molecule has 2 rings (SSSR count). The van der Waals surface area contributed by atoms with Crippen LogP contribution in [0.4, 0.5) is 0 Å². The second kappa shape index (κ2) is 8.40. The van der Waals surface area contributed by atoms with Gasteiger partial charge in [-0.15, -0.1) is 0 Å². The van der Waals surface area contributed by atoms with E-state index in [2.05, 4.69) is 55.3 Å². The first-order valence-electron chi connectivity index (χ1n) is 8.28. The second-order valence-electron chi connectivity index (χ2n) is 6.53. The van der Waals surface area contributed by atoms with Crippen LogP contribution in [0.5, 0.6) is 5.75 Å². The van der Waals surface area contributed by atoms with Gasteiger partial charge >= 0.3 is 0 Å². The summed E-state index contributed by atoms with van der Waals surface area (Å²) < 4.78 is 5.84. The molecule has 0 spiro atoms. The maximum atomic E-state index is 5.84. The Morgan fingerprint density at radius 3 is 2.76 bits per heavy atom. The zero-order valence-corrected chi connectivity index (χ0v) is 13.8. The highest BCUT2D eigenvalue weighted by Gasteiger charge is 2.19. The third kappa shape index (κ3) is 6.06. The van der Waals surface area contributed by atoms with Crippen molar-refractivity contribution in [3.05, 3.63) is 29.8 Å². The Labute approximate surface area is 129 Å². The third-order valence-electron chi connectivity index (χ3n) is 4.12. The Balaban J connectivity index is 1.66. The lowest BCUT2D eigenvalue weighted by atomic mass is 9.98. The van der Waals surface area contributed by atoms with E-state index in [1.54, 1.807) is 0 Å². The standard InChI is InChI=1S/C18H30N2O/c1-15(2)19-13-17-5-4-10-20(14-17)11-12-21-18-8-6-16(3)7-9-18/h6-9,15,17,19H,4-5,10-14H2,1-3H3. The Kier molecular flexibility index (Phi) is 6.52. The fourth-order valence-electron chi connectivity index (χ4n) is 2.85. The van der Waals surface area contributed by atoms with Gasteiger partial charge in [-0.25, -0.2) is 0 Å². The van der Waals surface area contributed by atoms with Gasteiger partial charge in [-0.2, -0.15) is 0 Å². The fourth-order valence-corrected chi connectivity index (χ4v) is 2.85. The highest BCUT2D eigenvalue weighted by atomic mass is 16.5. The largest absolute Gasteiger partial charge is 0.492 e. The predicted molar refractivity (Wildman–Crippen MR) is 89.0 cm³/mol. The molecule has 1 aromatic carbocycles. The summed E-state index contributed by atoms with van der Waals surface area (Å²) in [6, 6.07) is 8.90. The number of benzene rings is 1. The molecular weight excluding hydrogens is 260 g/mol. The molecule has 3 heteroatoms. The zero-order valence-electron chi connectivity index (χ0n) is 13.8. The summed E-state index contributed by atoms with van der Waals surface area (Å²) in [7, 11) is 0. The smallest absolute Gasteiger partial charge is 0.119 e. The quantitative estimate of drug-likeness (QED) is 0.835. The van der Waals surface area contributed by atoms with E-state index >= 15 is 0 Å². The molecule has 0 aromatic heterocycles. The minimum atomic E-state index is 0.588. The van der Waals surface area contributed by atoms with Crippen LogP contribution in [0.15, 0.2) is 24.3 Å². The van der Waals surface area contributed by atoms with Gasteiger partial charge in [0.25, 0.3) is 0 Å². The van der Waals surface area contributed by atoms with Gasteiger partial charge in [-0.3, -0.25) is 4.90 Å². The van der Waals surface area contributed by atoms with Gasteiger partial charge in [0.1, 0.15) is 12.4 Å². The van der Waals surface area contributed by atoms with Crippen molar-refractivity contribution in [3.8, 4) is 5.75 Å². The average molecular weight is 290 g/mol. The molecule has 1 aliphatic heterocycles. The number of likely N-dealkylation sites (tertiary alicyclic amines) is 1. The van der Waals surface area contributed by atoms with Crippen molar-refractivity contribution in [1.82, 2.24) is 10.2 Å². The van der Waals surface area contributed by atoms with Crippen molar-refractivity contribution in [3.63, 3.8) is 0 Å². The summed E-state index contributed by atoms with van der Waals surface area (Å²) in [6.07, 6.45) is 2.67. The number of piperidine rings is 1. The molecule has 1 aliphatic rings. The molecule has 1 atom stereocenters. The molecule has 1 fully saturated rings. The summed E-state index contributed by atoms with van der Waals surface area (Å²) in [4.78, 5) is 2.55. The molecule has 0 aliphatic carbocycles. The Morgan fingerprint density at radius 2 is 2.05 bits per heavy atom. The predicted octanol–water partition coefficient (Wildman–Crippen LogP) is 3.08. The lowest BCUT2D eigenvalue weighted by Gasteiger charge is -2.33. The Bertz CT molecular complexity index is 402. The third-order valence-corrected chi connectivity index (χ3v) is 4.12. The van der Waals surface area contributed by atoms with Crippen LogP contribution in [0.3, 0.4) is 0 Å². The maximum absolute atomic E-state index is 5.84. The van der Waals surface area contributed by atoms with Crippen LogP contribution < -0.4 is 10.1 Å². The van der Waals surface area contributed by atoms with Crippen molar-refractivity contribution >= 4 is 0 Å². The number of hydrogen-bond acceptors (Lipinski definition) is 3. The van der Waals surface area contributed by atoms with Gasteiger partial charge in [0.15, 0.2) is 0 Å². The van der Waals surface area contributed by atoms with E-state index in [9.17, 15) is 0 Å². The molecule has 1 unspecified atom stereocenters. The summed E-state index contributed by atoms with van der Waals surface area (Å²) in [5, 5.41) is 3.57. The highest BCUT2D eigenvalue weighted by Crippen LogP contribution is 2.16. The molecule has 21 heavy (non-hydrogen) atoms. The molecule has 1 N–H and O–H groups in total. The highest BCUT2D eigenvalue weighted by molar-refractivity contribution is 5.26. The van der Waals surface area contributed by atoms with E-state index < -0.39 is 0 Å². The second-order valence-corrected chi connectivity index (χ2v) is 6.53. The molecule has 0 bridgehead atoms. The molecule has 1 heterocycles. The van der Waals surface area contributed by atoms with Crippen LogP contribution in [-0.2, 0) is 0 Å². The Hall–Kier alpha value is -1.06. The van der Waals surface area contributed by atoms with Gasteiger partial charge in [-0.05, 0) is 50.9 Å². The lowest BCUT2D eigenvalue weighted by molar-refractivity contribution is 0.144. The monoisotopic (exact) mass is 290 g/mol. The van der Waals surface area contributed by atoms with Crippen LogP contribution in [0.25, 0.3) is 0 Å². The number of nitrogens with one attached hydrogen (secondary N) is 1. The normalized spacial score (nSPS) is 19.9. The Morgan fingerprint density at radius 1 is 1.29 bits per heavy atom. The van der Waals surface area contributed by atoms with E-state index in [4.69, 9.17) is 4.74 Å². The van der Waals surface area contributed by atoms with Crippen LogP contribution in [0, 0.1) is 12.8 Å². The number of rotatable bonds is 7. The minimum absolute atomic E-state index is 0.588. The molecule has 118 valence electrons. The molecular formula is C18H30N2O. The molecule has 0 saturated carbocycles.